The predicted octanol–water partition coefficient (Wildman–Crippen LogP) is 5.72. The smallest absolute Gasteiger partial charge is 0.0335 e. The number of hydrogen-bond acceptors (Lipinski definition) is 2. The minimum Gasteiger partial charge on any atom is -0.386 e. The van der Waals surface area contributed by atoms with Crippen molar-refractivity contribution in [2.45, 2.75) is 86.7 Å². The van der Waals surface area contributed by atoms with Crippen LogP contribution in [0.4, 0.5) is 0 Å². The summed E-state index contributed by atoms with van der Waals surface area (Å²) >= 11 is 0. The Morgan fingerprint density at radius 1 is 0.696 bits per heavy atom. The Bertz CT molecular complexity index is 355. The Morgan fingerprint density at radius 2 is 1.13 bits per heavy atom. The molecule has 0 aliphatic heterocycles. The van der Waals surface area contributed by atoms with Gasteiger partial charge in [0.2, 0.25) is 0 Å². The van der Waals surface area contributed by atoms with Crippen molar-refractivity contribution < 1.29 is 0 Å². The molecule has 136 valence electrons. The van der Waals surface area contributed by atoms with Gasteiger partial charge in [-0.15, -0.1) is 0 Å². The fourth-order valence-corrected chi connectivity index (χ4v) is 2.73. The first-order valence-electron chi connectivity index (χ1n) is 9.46. The summed E-state index contributed by atoms with van der Waals surface area (Å²) in [5, 5.41) is 7.28. The van der Waals surface area contributed by atoms with E-state index in [-0.39, 0.29) is 0 Å². The molecule has 3 atom stereocenters. The molecular formula is C21H42N2. The van der Waals surface area contributed by atoms with E-state index in [2.05, 4.69) is 79.2 Å². The molecule has 0 radical (unpaired) electrons. The molecule has 0 amide bonds. The van der Waals surface area contributed by atoms with Crippen LogP contribution in [0.2, 0.25) is 0 Å². The van der Waals surface area contributed by atoms with Gasteiger partial charge in [0.05, 0.1) is 0 Å². The Kier molecular flexibility index (Phi) is 10.3. The molecule has 0 spiro atoms. The van der Waals surface area contributed by atoms with E-state index in [4.69, 9.17) is 0 Å². The summed E-state index contributed by atoms with van der Waals surface area (Å²) in [6, 6.07) is 0.908. The molecule has 0 rings (SSSR count). The van der Waals surface area contributed by atoms with Crippen molar-refractivity contribution in [1.82, 2.24) is 10.6 Å². The van der Waals surface area contributed by atoms with Gasteiger partial charge in [0.1, 0.15) is 0 Å². The monoisotopic (exact) mass is 322 g/mol. The summed E-state index contributed by atoms with van der Waals surface area (Å²) in [6.45, 7) is 26.7. The minimum absolute atomic E-state index is 0.395. The highest BCUT2D eigenvalue weighted by Crippen LogP contribution is 2.20. The lowest BCUT2D eigenvalue weighted by Gasteiger charge is -2.30. The molecule has 0 aromatic rings. The van der Waals surface area contributed by atoms with Gasteiger partial charge in [0.15, 0.2) is 0 Å². The van der Waals surface area contributed by atoms with Gasteiger partial charge in [-0.2, -0.15) is 0 Å². The maximum Gasteiger partial charge on any atom is 0.0335 e. The zero-order chi connectivity index (χ0) is 18.2. The van der Waals surface area contributed by atoms with Crippen molar-refractivity contribution in [2.24, 2.45) is 23.7 Å². The predicted molar refractivity (Wildman–Crippen MR) is 105 cm³/mol. The van der Waals surface area contributed by atoms with Crippen LogP contribution >= 0.6 is 0 Å². The van der Waals surface area contributed by atoms with Gasteiger partial charge in [-0.25, -0.2) is 0 Å². The van der Waals surface area contributed by atoms with E-state index in [1.165, 1.54) is 0 Å². The lowest BCUT2D eigenvalue weighted by Crippen LogP contribution is -2.38. The highest BCUT2D eigenvalue weighted by molar-refractivity contribution is 5.03. The Morgan fingerprint density at radius 3 is 1.52 bits per heavy atom. The summed E-state index contributed by atoms with van der Waals surface area (Å²) in [7, 11) is 0. The molecule has 2 heteroatoms. The third-order valence-corrected chi connectivity index (χ3v) is 5.00. The second-order valence-corrected chi connectivity index (χ2v) is 8.23. The molecule has 0 aliphatic rings. The molecule has 0 saturated carbocycles. The van der Waals surface area contributed by atoms with Crippen LogP contribution in [0.3, 0.4) is 0 Å². The van der Waals surface area contributed by atoms with Crippen LogP contribution in [0.25, 0.3) is 0 Å². The van der Waals surface area contributed by atoms with Crippen LogP contribution in [0, 0.1) is 23.7 Å². The van der Waals surface area contributed by atoms with Crippen LogP contribution in [-0.2, 0) is 0 Å². The van der Waals surface area contributed by atoms with Crippen LogP contribution in [-0.4, -0.2) is 12.1 Å². The Balaban J connectivity index is 4.57. The topological polar surface area (TPSA) is 24.1 Å². The van der Waals surface area contributed by atoms with Gasteiger partial charge in [0.25, 0.3) is 0 Å². The lowest BCUT2D eigenvalue weighted by molar-refractivity contribution is 0.363. The third-order valence-electron chi connectivity index (χ3n) is 5.00. The van der Waals surface area contributed by atoms with Crippen molar-refractivity contribution in [3.8, 4) is 0 Å². The number of rotatable bonds is 12. The van der Waals surface area contributed by atoms with E-state index in [9.17, 15) is 0 Å². The van der Waals surface area contributed by atoms with E-state index in [0.717, 1.165) is 30.7 Å². The number of nitrogens with one attached hydrogen (secondary N) is 2. The highest BCUT2D eigenvalue weighted by Gasteiger charge is 2.18. The van der Waals surface area contributed by atoms with E-state index in [1.807, 2.05) is 0 Å². The number of hydrogen-bond donors (Lipinski definition) is 2. The molecule has 0 heterocycles. The molecule has 0 aliphatic carbocycles. The summed E-state index contributed by atoms with van der Waals surface area (Å²) in [6.07, 6.45) is 3.13. The van der Waals surface area contributed by atoms with Crippen molar-refractivity contribution in [1.29, 1.82) is 0 Å². The Hall–Kier alpha value is -0.920. The molecule has 0 aromatic carbocycles. The van der Waals surface area contributed by atoms with Crippen LogP contribution in [0.5, 0.6) is 0 Å². The summed E-state index contributed by atoms with van der Waals surface area (Å²) in [5.74, 6) is 2.54. The maximum absolute atomic E-state index is 4.26. The summed E-state index contributed by atoms with van der Waals surface area (Å²) < 4.78 is 0. The molecule has 2 nitrogen and oxygen atoms in total. The SMILES string of the molecule is C=C(CC(NC(=C)CC(C)C(C)C)C(C)C)NC(CC)C(C)C. The largest absolute Gasteiger partial charge is 0.386 e. The Labute approximate surface area is 146 Å². The average molecular weight is 323 g/mol. The third kappa shape index (κ3) is 9.07. The molecular weight excluding hydrogens is 280 g/mol. The van der Waals surface area contributed by atoms with Gasteiger partial charge in [-0.3, -0.25) is 0 Å². The fourth-order valence-electron chi connectivity index (χ4n) is 2.73. The molecule has 23 heavy (non-hydrogen) atoms. The summed E-state index contributed by atoms with van der Waals surface area (Å²) in [4.78, 5) is 0. The van der Waals surface area contributed by atoms with E-state index < -0.39 is 0 Å². The quantitative estimate of drug-likeness (QED) is 0.480. The van der Waals surface area contributed by atoms with E-state index in [1.54, 1.807) is 0 Å². The standard InChI is InChI=1S/C21H42N2/c1-11-20(15(4)5)22-19(10)13-21(16(6)7)23-18(9)12-17(8)14(2)3/h14-17,20-23H,9-13H2,1-8H3. The molecule has 2 N–H and O–H groups in total. The first kappa shape index (κ1) is 22.1. The summed E-state index contributed by atoms with van der Waals surface area (Å²) in [5.41, 5.74) is 2.30. The van der Waals surface area contributed by atoms with E-state index >= 15 is 0 Å². The molecule has 3 unspecified atom stereocenters. The highest BCUT2D eigenvalue weighted by atomic mass is 15.0. The van der Waals surface area contributed by atoms with Crippen molar-refractivity contribution in [3.05, 3.63) is 24.6 Å². The van der Waals surface area contributed by atoms with Crippen molar-refractivity contribution in [3.63, 3.8) is 0 Å². The van der Waals surface area contributed by atoms with Crippen LogP contribution in [0.1, 0.15) is 74.7 Å². The van der Waals surface area contributed by atoms with Crippen LogP contribution in [0.15, 0.2) is 24.6 Å². The molecule has 0 saturated heterocycles. The number of allylic oxidation sites excluding steroid dienone is 1. The first-order chi connectivity index (χ1) is 10.6. The first-order valence-corrected chi connectivity index (χ1v) is 9.46. The van der Waals surface area contributed by atoms with Crippen molar-refractivity contribution in [2.75, 3.05) is 0 Å². The molecule has 0 bridgehead atoms. The second kappa shape index (κ2) is 10.8. The van der Waals surface area contributed by atoms with Gasteiger partial charge in [0, 0.05) is 29.9 Å². The lowest BCUT2D eigenvalue weighted by atomic mass is 9.92. The minimum atomic E-state index is 0.395. The average Bonchev–Trinajstić information content (AvgIpc) is 2.43. The zero-order valence-electron chi connectivity index (χ0n) is 17.0. The van der Waals surface area contributed by atoms with Gasteiger partial charge < -0.3 is 10.6 Å². The van der Waals surface area contributed by atoms with Crippen molar-refractivity contribution >= 4 is 0 Å². The normalized spacial score (nSPS) is 15.6. The van der Waals surface area contributed by atoms with Gasteiger partial charge in [-0.05, 0) is 36.5 Å². The molecule has 0 fully saturated rings. The van der Waals surface area contributed by atoms with Crippen LogP contribution < -0.4 is 10.6 Å². The van der Waals surface area contributed by atoms with Gasteiger partial charge >= 0.3 is 0 Å². The maximum atomic E-state index is 4.26. The van der Waals surface area contributed by atoms with E-state index in [0.29, 0.717) is 35.8 Å². The fraction of sp³-hybridized carbons (Fsp3) is 0.810. The molecule has 0 aromatic heterocycles. The van der Waals surface area contributed by atoms with Gasteiger partial charge in [-0.1, -0.05) is 68.5 Å². The zero-order valence-corrected chi connectivity index (χ0v) is 17.0. The second-order valence-electron chi connectivity index (χ2n) is 8.23.